The van der Waals surface area contributed by atoms with E-state index < -0.39 is 0 Å². The van der Waals surface area contributed by atoms with Crippen LogP contribution in [0.25, 0.3) is 10.6 Å². The Bertz CT molecular complexity index is 780. The highest BCUT2D eigenvalue weighted by Gasteiger charge is 2.09. The van der Waals surface area contributed by atoms with Crippen LogP contribution in [-0.2, 0) is 17.6 Å². The van der Waals surface area contributed by atoms with E-state index in [9.17, 15) is 4.79 Å². The predicted octanol–water partition coefficient (Wildman–Crippen LogP) is 3.01. The Morgan fingerprint density at radius 1 is 1.26 bits per heavy atom. The Labute approximate surface area is 138 Å². The number of hydrogen-bond acceptors (Lipinski definition) is 5. The first-order valence-corrected chi connectivity index (χ1v) is 8.27. The van der Waals surface area contributed by atoms with Crippen LogP contribution in [0, 0.1) is 6.92 Å². The Morgan fingerprint density at radius 3 is 2.83 bits per heavy atom. The van der Waals surface area contributed by atoms with Gasteiger partial charge in [-0.3, -0.25) is 4.79 Å². The zero-order chi connectivity index (χ0) is 16.1. The Morgan fingerprint density at radius 2 is 2.09 bits per heavy atom. The maximum Gasteiger partial charge on any atom is 0.226 e. The van der Waals surface area contributed by atoms with Crippen molar-refractivity contribution in [3.8, 4) is 10.6 Å². The zero-order valence-electron chi connectivity index (χ0n) is 12.8. The van der Waals surface area contributed by atoms with Gasteiger partial charge < -0.3 is 9.84 Å². The van der Waals surface area contributed by atoms with Crippen molar-refractivity contribution in [3.63, 3.8) is 0 Å². The van der Waals surface area contributed by atoms with Crippen LogP contribution in [0.3, 0.4) is 0 Å². The summed E-state index contributed by atoms with van der Waals surface area (Å²) in [5.41, 5.74) is 2.72. The molecule has 3 aromatic rings. The molecule has 23 heavy (non-hydrogen) atoms. The lowest BCUT2D eigenvalue weighted by atomic mass is 10.2. The molecule has 0 unspecified atom stereocenters. The molecule has 0 fully saturated rings. The van der Waals surface area contributed by atoms with Gasteiger partial charge in [-0.1, -0.05) is 35.5 Å². The number of benzene rings is 1. The molecule has 6 heteroatoms. The minimum absolute atomic E-state index is 0.0323. The van der Waals surface area contributed by atoms with Gasteiger partial charge in [0.15, 0.2) is 0 Å². The third-order valence-corrected chi connectivity index (χ3v) is 4.23. The van der Waals surface area contributed by atoms with Crippen molar-refractivity contribution in [1.29, 1.82) is 0 Å². The summed E-state index contributed by atoms with van der Waals surface area (Å²) >= 11 is 1.55. The van der Waals surface area contributed by atoms with E-state index in [1.165, 1.54) is 0 Å². The van der Waals surface area contributed by atoms with E-state index in [0.717, 1.165) is 27.7 Å². The first-order chi connectivity index (χ1) is 11.2. The molecule has 5 nitrogen and oxygen atoms in total. The molecule has 0 spiro atoms. The van der Waals surface area contributed by atoms with Crippen molar-refractivity contribution in [2.75, 3.05) is 6.54 Å². The molecule has 1 aromatic carbocycles. The average molecular weight is 327 g/mol. The Kier molecular flexibility index (Phi) is 4.83. The molecule has 0 saturated carbocycles. The molecule has 3 rings (SSSR count). The van der Waals surface area contributed by atoms with E-state index in [-0.39, 0.29) is 5.91 Å². The molecule has 0 aliphatic carbocycles. The van der Waals surface area contributed by atoms with Gasteiger partial charge in [0.25, 0.3) is 0 Å². The summed E-state index contributed by atoms with van der Waals surface area (Å²) in [4.78, 5) is 16.5. The van der Waals surface area contributed by atoms with Crippen LogP contribution in [0.5, 0.6) is 0 Å². The standard InChI is InChI=1S/C17H17N3O2S/c1-12-9-14(20-22-12)7-8-18-16(21)10-15-11-23-17(19-15)13-5-3-2-4-6-13/h2-6,9,11H,7-8,10H2,1H3,(H,18,21). The fourth-order valence-corrected chi connectivity index (χ4v) is 3.02. The highest BCUT2D eigenvalue weighted by Crippen LogP contribution is 2.23. The summed E-state index contributed by atoms with van der Waals surface area (Å²) < 4.78 is 4.99. The number of aryl methyl sites for hydroxylation is 1. The minimum Gasteiger partial charge on any atom is -0.361 e. The molecular formula is C17H17N3O2S. The first-order valence-electron chi connectivity index (χ1n) is 7.39. The van der Waals surface area contributed by atoms with Gasteiger partial charge >= 0.3 is 0 Å². The van der Waals surface area contributed by atoms with Gasteiger partial charge in [-0.25, -0.2) is 4.98 Å². The summed E-state index contributed by atoms with van der Waals surface area (Å²) in [7, 11) is 0. The number of nitrogens with zero attached hydrogens (tertiary/aromatic N) is 2. The quantitative estimate of drug-likeness (QED) is 0.756. The third-order valence-electron chi connectivity index (χ3n) is 3.29. The first kappa shape index (κ1) is 15.4. The number of nitrogens with one attached hydrogen (secondary N) is 1. The van der Waals surface area contributed by atoms with Crippen molar-refractivity contribution < 1.29 is 9.32 Å². The molecule has 0 atom stereocenters. The van der Waals surface area contributed by atoms with E-state index in [1.54, 1.807) is 11.3 Å². The van der Waals surface area contributed by atoms with Crippen LogP contribution < -0.4 is 5.32 Å². The molecule has 2 aromatic heterocycles. The zero-order valence-corrected chi connectivity index (χ0v) is 13.6. The van der Waals surface area contributed by atoms with Crippen LogP contribution in [-0.4, -0.2) is 22.6 Å². The van der Waals surface area contributed by atoms with Crippen LogP contribution >= 0.6 is 11.3 Å². The van der Waals surface area contributed by atoms with E-state index >= 15 is 0 Å². The molecule has 1 N–H and O–H groups in total. The fraction of sp³-hybridized carbons (Fsp3) is 0.235. The van der Waals surface area contributed by atoms with Crippen molar-refractivity contribution in [1.82, 2.24) is 15.5 Å². The molecule has 118 valence electrons. The van der Waals surface area contributed by atoms with Gasteiger partial charge in [0.2, 0.25) is 5.91 Å². The molecular weight excluding hydrogens is 310 g/mol. The molecule has 0 aliphatic heterocycles. The lowest BCUT2D eigenvalue weighted by molar-refractivity contribution is -0.120. The van der Waals surface area contributed by atoms with Crippen LogP contribution in [0.2, 0.25) is 0 Å². The van der Waals surface area contributed by atoms with E-state index in [1.807, 2.05) is 48.7 Å². The number of carbonyl (C=O) groups is 1. The number of amides is 1. The van der Waals surface area contributed by atoms with Gasteiger partial charge in [0.05, 0.1) is 17.8 Å². The van der Waals surface area contributed by atoms with Crippen LogP contribution in [0.1, 0.15) is 17.1 Å². The lowest BCUT2D eigenvalue weighted by Gasteiger charge is -2.02. The monoisotopic (exact) mass is 327 g/mol. The van der Waals surface area contributed by atoms with Crippen molar-refractivity contribution >= 4 is 17.2 Å². The highest BCUT2D eigenvalue weighted by atomic mass is 32.1. The summed E-state index contributed by atoms with van der Waals surface area (Å²) in [6, 6.07) is 11.8. The van der Waals surface area contributed by atoms with E-state index in [4.69, 9.17) is 4.52 Å². The Balaban J connectivity index is 1.49. The molecule has 0 radical (unpaired) electrons. The second-order valence-electron chi connectivity index (χ2n) is 5.22. The molecule has 2 heterocycles. The van der Waals surface area contributed by atoms with Gasteiger partial charge in [-0.2, -0.15) is 0 Å². The van der Waals surface area contributed by atoms with Crippen LogP contribution in [0.4, 0.5) is 0 Å². The van der Waals surface area contributed by atoms with Gasteiger partial charge in [-0.05, 0) is 6.92 Å². The predicted molar refractivity (Wildman–Crippen MR) is 89.2 cm³/mol. The van der Waals surface area contributed by atoms with Crippen molar-refractivity contribution in [2.45, 2.75) is 19.8 Å². The number of aromatic nitrogens is 2. The summed E-state index contributed by atoms with van der Waals surface area (Å²) in [5, 5.41) is 9.65. The summed E-state index contributed by atoms with van der Waals surface area (Å²) in [5.74, 6) is 0.748. The van der Waals surface area contributed by atoms with Crippen LogP contribution in [0.15, 0.2) is 46.3 Å². The average Bonchev–Trinajstić information content (AvgIpc) is 3.17. The SMILES string of the molecule is Cc1cc(CCNC(=O)Cc2csc(-c3ccccc3)n2)no1. The third kappa shape index (κ3) is 4.26. The largest absolute Gasteiger partial charge is 0.361 e. The molecule has 0 saturated heterocycles. The van der Waals surface area contributed by atoms with Crippen molar-refractivity contribution in [3.05, 3.63) is 58.9 Å². The van der Waals surface area contributed by atoms with Gasteiger partial charge in [0, 0.05) is 30.0 Å². The van der Waals surface area contributed by atoms with Gasteiger partial charge in [0.1, 0.15) is 10.8 Å². The Hall–Kier alpha value is -2.47. The molecule has 0 bridgehead atoms. The van der Waals surface area contributed by atoms with Crippen molar-refractivity contribution in [2.24, 2.45) is 0 Å². The normalized spacial score (nSPS) is 10.7. The second-order valence-corrected chi connectivity index (χ2v) is 6.07. The highest BCUT2D eigenvalue weighted by molar-refractivity contribution is 7.13. The van der Waals surface area contributed by atoms with E-state index in [0.29, 0.717) is 19.4 Å². The molecule has 0 aliphatic rings. The van der Waals surface area contributed by atoms with Gasteiger partial charge in [-0.15, -0.1) is 11.3 Å². The summed E-state index contributed by atoms with van der Waals surface area (Å²) in [6.07, 6.45) is 0.955. The lowest BCUT2D eigenvalue weighted by Crippen LogP contribution is -2.27. The summed E-state index contributed by atoms with van der Waals surface area (Å²) in [6.45, 7) is 2.39. The smallest absolute Gasteiger partial charge is 0.226 e. The number of carbonyl (C=O) groups excluding carboxylic acids is 1. The number of rotatable bonds is 6. The maximum absolute atomic E-state index is 12.0. The minimum atomic E-state index is -0.0323. The number of thiazole rings is 1. The molecule has 1 amide bonds. The number of hydrogen-bond donors (Lipinski definition) is 1. The maximum atomic E-state index is 12.0. The van der Waals surface area contributed by atoms with E-state index in [2.05, 4.69) is 15.5 Å². The second kappa shape index (κ2) is 7.19. The topological polar surface area (TPSA) is 68.0 Å². The fourth-order valence-electron chi connectivity index (χ4n) is 2.19.